The summed E-state index contributed by atoms with van der Waals surface area (Å²) in [5.41, 5.74) is 0.615. The highest BCUT2D eigenvalue weighted by Crippen LogP contribution is 2.42. The second kappa shape index (κ2) is 6.15. The minimum absolute atomic E-state index is 0.307. The summed E-state index contributed by atoms with van der Waals surface area (Å²) in [6, 6.07) is 0. The molecular weight excluding hydrogens is 180 g/mol. The van der Waals surface area contributed by atoms with E-state index in [1.54, 1.807) is 0 Å². The molecule has 1 rings (SSSR count). The fraction of sp³-hybridized carbons (Fsp3) is 0.733. The Balaban J connectivity index is 0.000000336. The first-order valence-electron chi connectivity index (χ1n) is 6.24. The van der Waals surface area contributed by atoms with Crippen LogP contribution in [0.1, 0.15) is 60.8 Å². The third kappa shape index (κ3) is 4.68. The minimum Gasteiger partial charge on any atom is -0.0780 e. The van der Waals surface area contributed by atoms with Crippen LogP contribution in [0.4, 0.5) is 0 Å². The second-order valence-electron chi connectivity index (χ2n) is 5.52. The number of hydrogen-bond donors (Lipinski definition) is 0. The van der Waals surface area contributed by atoms with Gasteiger partial charge in [-0.05, 0) is 10.8 Å². The molecule has 0 aromatic heterocycles. The largest absolute Gasteiger partial charge is 0.0780 e. The van der Waals surface area contributed by atoms with Crippen molar-refractivity contribution in [2.45, 2.75) is 60.8 Å². The lowest BCUT2D eigenvalue weighted by atomic mass is 9.66. The van der Waals surface area contributed by atoms with E-state index in [1.165, 1.54) is 19.3 Å². The molecule has 0 heterocycles. The molecule has 0 nitrogen and oxygen atoms in total. The van der Waals surface area contributed by atoms with E-state index in [4.69, 9.17) is 0 Å². The summed E-state index contributed by atoms with van der Waals surface area (Å²) in [4.78, 5) is 0. The SMILES string of the molecule is CC1(C)C=CC=CC1(C)C.CCCCC. The van der Waals surface area contributed by atoms with Crippen LogP contribution in [0.25, 0.3) is 0 Å². The highest BCUT2D eigenvalue weighted by atomic mass is 14.4. The van der Waals surface area contributed by atoms with Crippen LogP contribution in [0.5, 0.6) is 0 Å². The summed E-state index contributed by atoms with van der Waals surface area (Å²) in [5, 5.41) is 0. The van der Waals surface area contributed by atoms with E-state index < -0.39 is 0 Å². The van der Waals surface area contributed by atoms with E-state index in [-0.39, 0.29) is 0 Å². The standard InChI is InChI=1S/C10H16.C5H12/c1-9(2)7-5-6-8-10(9,3)4;1-3-5-4-2/h5-8H,1-4H3;3-5H2,1-2H3. The molecule has 0 spiro atoms. The van der Waals surface area contributed by atoms with Crippen LogP contribution in [0, 0.1) is 10.8 Å². The molecule has 1 aliphatic rings. The molecule has 1 aliphatic carbocycles. The lowest BCUT2D eigenvalue weighted by Gasteiger charge is -2.38. The van der Waals surface area contributed by atoms with Gasteiger partial charge in [-0.15, -0.1) is 0 Å². The van der Waals surface area contributed by atoms with Gasteiger partial charge in [0.15, 0.2) is 0 Å². The number of rotatable bonds is 2. The predicted molar refractivity (Wildman–Crippen MR) is 71.0 cm³/mol. The first-order chi connectivity index (χ1) is 6.87. The molecule has 0 saturated heterocycles. The van der Waals surface area contributed by atoms with Gasteiger partial charge < -0.3 is 0 Å². The van der Waals surface area contributed by atoms with Crippen LogP contribution in [0.15, 0.2) is 24.3 Å². The maximum atomic E-state index is 2.27. The first kappa shape index (κ1) is 14.5. The highest BCUT2D eigenvalue weighted by molar-refractivity contribution is 5.21. The number of unbranched alkanes of at least 4 members (excludes halogenated alkanes) is 2. The topological polar surface area (TPSA) is 0 Å². The number of allylic oxidation sites excluding steroid dienone is 4. The molecule has 0 heteroatoms. The monoisotopic (exact) mass is 208 g/mol. The van der Waals surface area contributed by atoms with E-state index in [2.05, 4.69) is 65.8 Å². The Morgan fingerprint density at radius 3 is 1.20 bits per heavy atom. The molecular formula is C15H28. The van der Waals surface area contributed by atoms with Crippen molar-refractivity contribution in [2.24, 2.45) is 10.8 Å². The van der Waals surface area contributed by atoms with E-state index in [9.17, 15) is 0 Å². The molecule has 0 amide bonds. The number of hydrogen-bond acceptors (Lipinski definition) is 0. The molecule has 0 atom stereocenters. The van der Waals surface area contributed by atoms with E-state index in [0.29, 0.717) is 10.8 Å². The third-order valence-electron chi connectivity index (χ3n) is 3.50. The van der Waals surface area contributed by atoms with Crippen LogP contribution < -0.4 is 0 Å². The van der Waals surface area contributed by atoms with Crippen LogP contribution in [-0.4, -0.2) is 0 Å². The van der Waals surface area contributed by atoms with Crippen molar-refractivity contribution < 1.29 is 0 Å². The van der Waals surface area contributed by atoms with Gasteiger partial charge in [0.05, 0.1) is 0 Å². The molecule has 0 N–H and O–H groups in total. The van der Waals surface area contributed by atoms with Gasteiger partial charge in [0.2, 0.25) is 0 Å². The van der Waals surface area contributed by atoms with Gasteiger partial charge in [-0.3, -0.25) is 0 Å². The minimum atomic E-state index is 0.307. The van der Waals surface area contributed by atoms with Crippen molar-refractivity contribution in [3.05, 3.63) is 24.3 Å². The zero-order valence-corrected chi connectivity index (χ0v) is 11.4. The predicted octanol–water partition coefficient (Wildman–Crippen LogP) is 5.36. The molecule has 0 bridgehead atoms. The van der Waals surface area contributed by atoms with Crippen molar-refractivity contribution in [1.82, 2.24) is 0 Å². The molecule has 0 aliphatic heterocycles. The maximum Gasteiger partial charge on any atom is -0.00860 e. The highest BCUT2D eigenvalue weighted by Gasteiger charge is 2.33. The summed E-state index contributed by atoms with van der Waals surface area (Å²) < 4.78 is 0. The molecule has 0 radical (unpaired) electrons. The normalized spacial score (nSPS) is 20.7. The zero-order valence-electron chi connectivity index (χ0n) is 11.4. The fourth-order valence-electron chi connectivity index (χ4n) is 1.38. The second-order valence-corrected chi connectivity index (χ2v) is 5.52. The van der Waals surface area contributed by atoms with Gasteiger partial charge in [0, 0.05) is 0 Å². The Morgan fingerprint density at radius 1 is 0.733 bits per heavy atom. The summed E-state index contributed by atoms with van der Waals surface area (Å²) >= 11 is 0. The lowest BCUT2D eigenvalue weighted by molar-refractivity contribution is 0.229. The quantitative estimate of drug-likeness (QED) is 0.573. The Labute approximate surface area is 96.5 Å². The summed E-state index contributed by atoms with van der Waals surface area (Å²) in [6.45, 7) is 13.5. The molecule has 0 fully saturated rings. The van der Waals surface area contributed by atoms with Crippen LogP contribution in [-0.2, 0) is 0 Å². The Morgan fingerprint density at radius 2 is 1.07 bits per heavy atom. The van der Waals surface area contributed by atoms with Crippen molar-refractivity contribution >= 4 is 0 Å². The third-order valence-corrected chi connectivity index (χ3v) is 3.50. The van der Waals surface area contributed by atoms with Gasteiger partial charge >= 0.3 is 0 Å². The summed E-state index contributed by atoms with van der Waals surface area (Å²) in [5.74, 6) is 0. The average molecular weight is 208 g/mol. The van der Waals surface area contributed by atoms with E-state index in [0.717, 1.165) is 0 Å². The molecule has 0 aromatic rings. The van der Waals surface area contributed by atoms with Crippen LogP contribution in [0.2, 0.25) is 0 Å². The van der Waals surface area contributed by atoms with E-state index >= 15 is 0 Å². The van der Waals surface area contributed by atoms with Crippen LogP contribution in [0.3, 0.4) is 0 Å². The van der Waals surface area contributed by atoms with Crippen LogP contribution >= 0.6 is 0 Å². The molecule has 15 heavy (non-hydrogen) atoms. The average Bonchev–Trinajstić information content (AvgIpc) is 2.13. The van der Waals surface area contributed by atoms with Gasteiger partial charge in [-0.1, -0.05) is 85.1 Å². The van der Waals surface area contributed by atoms with Gasteiger partial charge in [-0.2, -0.15) is 0 Å². The Bertz CT molecular complexity index is 192. The van der Waals surface area contributed by atoms with E-state index in [1.807, 2.05) is 0 Å². The smallest absolute Gasteiger partial charge is 0.00860 e. The molecule has 0 unspecified atom stereocenters. The van der Waals surface area contributed by atoms with Gasteiger partial charge in [0.25, 0.3) is 0 Å². The van der Waals surface area contributed by atoms with Gasteiger partial charge in [-0.25, -0.2) is 0 Å². The molecule has 0 aromatic carbocycles. The first-order valence-corrected chi connectivity index (χ1v) is 6.24. The molecule has 88 valence electrons. The van der Waals surface area contributed by atoms with Crippen molar-refractivity contribution in [3.8, 4) is 0 Å². The van der Waals surface area contributed by atoms with Crippen molar-refractivity contribution in [2.75, 3.05) is 0 Å². The van der Waals surface area contributed by atoms with Crippen molar-refractivity contribution in [3.63, 3.8) is 0 Å². The maximum absolute atomic E-state index is 2.27. The fourth-order valence-corrected chi connectivity index (χ4v) is 1.38. The Hall–Kier alpha value is -0.520. The molecule has 0 saturated carbocycles. The van der Waals surface area contributed by atoms with Crippen molar-refractivity contribution in [1.29, 1.82) is 0 Å². The summed E-state index contributed by atoms with van der Waals surface area (Å²) in [6.07, 6.45) is 12.9. The van der Waals surface area contributed by atoms with Gasteiger partial charge in [0.1, 0.15) is 0 Å². The Kier molecular flexibility index (Phi) is 5.93. The lowest BCUT2D eigenvalue weighted by Crippen LogP contribution is -2.29. The zero-order chi connectivity index (χ0) is 11.9. The summed E-state index contributed by atoms with van der Waals surface area (Å²) in [7, 11) is 0.